The van der Waals surface area contributed by atoms with Crippen LogP contribution in [0.25, 0.3) is 0 Å². The number of nitrogens with zero attached hydrogens (tertiary/aromatic N) is 1. The quantitative estimate of drug-likeness (QED) is 0.318. The standard InChI is InChI=1S/C27H27Cl2NO2/c1-19(2)21-11-15-24(16-12-21)30(26(32)18-28)27(22-9-13-23(29)14-10-22)25(31)17-8-20-6-4-3-5-7-20/h3-7,9-16,19,27H,8,17-18H2,1-2H3. The summed E-state index contributed by atoms with van der Waals surface area (Å²) in [5, 5.41) is 0.570. The molecule has 1 unspecified atom stereocenters. The number of anilines is 1. The van der Waals surface area contributed by atoms with Crippen molar-refractivity contribution in [1.82, 2.24) is 0 Å². The predicted octanol–water partition coefficient (Wildman–Crippen LogP) is 6.98. The summed E-state index contributed by atoms with van der Waals surface area (Å²) in [6.07, 6.45) is 0.895. The van der Waals surface area contributed by atoms with Gasteiger partial charge in [0.1, 0.15) is 11.9 Å². The molecular weight excluding hydrogens is 441 g/mol. The molecule has 1 amide bonds. The molecule has 0 N–H and O–H groups in total. The summed E-state index contributed by atoms with van der Waals surface area (Å²) in [4.78, 5) is 28.1. The highest BCUT2D eigenvalue weighted by atomic mass is 35.5. The summed E-state index contributed by atoms with van der Waals surface area (Å²) in [5.41, 5.74) is 3.59. The largest absolute Gasteiger partial charge is 0.297 e. The third-order valence-electron chi connectivity index (χ3n) is 5.47. The first kappa shape index (κ1) is 24.0. The van der Waals surface area contributed by atoms with Crippen LogP contribution in [0.4, 0.5) is 5.69 Å². The van der Waals surface area contributed by atoms with Crippen molar-refractivity contribution in [1.29, 1.82) is 0 Å². The van der Waals surface area contributed by atoms with Crippen LogP contribution in [0.2, 0.25) is 5.02 Å². The van der Waals surface area contributed by atoms with Crippen LogP contribution in [0, 0.1) is 0 Å². The van der Waals surface area contributed by atoms with E-state index in [-0.39, 0.29) is 17.6 Å². The molecule has 0 aromatic heterocycles. The maximum atomic E-state index is 13.5. The zero-order valence-corrected chi connectivity index (χ0v) is 19.8. The van der Waals surface area contributed by atoms with Gasteiger partial charge in [0.2, 0.25) is 5.91 Å². The summed E-state index contributed by atoms with van der Waals surface area (Å²) in [6.45, 7) is 4.22. The van der Waals surface area contributed by atoms with Crippen LogP contribution < -0.4 is 4.90 Å². The molecular formula is C27H27Cl2NO2. The summed E-state index contributed by atoms with van der Waals surface area (Å²) >= 11 is 12.1. The molecule has 3 aromatic carbocycles. The second-order valence-electron chi connectivity index (χ2n) is 8.05. The number of alkyl halides is 1. The van der Waals surface area contributed by atoms with Gasteiger partial charge in [0.05, 0.1) is 0 Å². The monoisotopic (exact) mass is 467 g/mol. The fraction of sp³-hybridized carbons (Fsp3) is 0.259. The van der Waals surface area contributed by atoms with E-state index in [1.807, 2.05) is 54.6 Å². The normalized spacial score (nSPS) is 11.9. The third kappa shape index (κ3) is 5.99. The lowest BCUT2D eigenvalue weighted by Crippen LogP contribution is -2.40. The molecule has 0 bridgehead atoms. The minimum atomic E-state index is -0.785. The Morgan fingerprint density at radius 2 is 1.44 bits per heavy atom. The van der Waals surface area contributed by atoms with Gasteiger partial charge in [-0.15, -0.1) is 11.6 Å². The van der Waals surface area contributed by atoms with E-state index in [2.05, 4.69) is 13.8 Å². The van der Waals surface area contributed by atoms with Crippen LogP contribution in [0.3, 0.4) is 0 Å². The van der Waals surface area contributed by atoms with Crippen LogP contribution in [-0.2, 0) is 16.0 Å². The number of rotatable bonds is 9. The lowest BCUT2D eigenvalue weighted by molar-refractivity contribution is -0.124. The van der Waals surface area contributed by atoms with E-state index in [1.165, 1.54) is 4.90 Å². The maximum absolute atomic E-state index is 13.5. The van der Waals surface area contributed by atoms with Crippen molar-refractivity contribution in [2.24, 2.45) is 0 Å². The number of hydrogen-bond donors (Lipinski definition) is 0. The fourth-order valence-corrected chi connectivity index (χ4v) is 3.95. The van der Waals surface area contributed by atoms with Gasteiger partial charge in [-0.3, -0.25) is 14.5 Å². The SMILES string of the molecule is CC(C)c1ccc(N(C(=O)CCl)C(C(=O)CCc2ccccc2)c2ccc(Cl)cc2)cc1. The summed E-state index contributed by atoms with van der Waals surface area (Å²) in [6, 6.07) is 23.9. The van der Waals surface area contributed by atoms with E-state index < -0.39 is 6.04 Å². The lowest BCUT2D eigenvalue weighted by atomic mass is 9.95. The molecule has 0 heterocycles. The fourth-order valence-electron chi connectivity index (χ4n) is 3.69. The van der Waals surface area contributed by atoms with Crippen molar-refractivity contribution in [3.05, 3.63) is 101 Å². The van der Waals surface area contributed by atoms with Crippen LogP contribution >= 0.6 is 23.2 Å². The number of Topliss-reactive ketones (excluding diaryl/α,β-unsaturated/α-hetero) is 1. The first-order chi connectivity index (χ1) is 15.4. The first-order valence-corrected chi connectivity index (χ1v) is 11.6. The van der Waals surface area contributed by atoms with Crippen LogP contribution in [0.15, 0.2) is 78.9 Å². The second-order valence-corrected chi connectivity index (χ2v) is 8.75. The highest BCUT2D eigenvalue weighted by molar-refractivity contribution is 6.30. The average Bonchev–Trinajstić information content (AvgIpc) is 2.82. The Balaban J connectivity index is 1.99. The Kier molecular flexibility index (Phi) is 8.49. The number of amides is 1. The Morgan fingerprint density at radius 1 is 0.844 bits per heavy atom. The smallest absolute Gasteiger partial charge is 0.242 e. The highest BCUT2D eigenvalue weighted by Crippen LogP contribution is 2.32. The molecule has 32 heavy (non-hydrogen) atoms. The van der Waals surface area contributed by atoms with Gasteiger partial charge in [-0.25, -0.2) is 0 Å². The summed E-state index contributed by atoms with van der Waals surface area (Å²) < 4.78 is 0. The van der Waals surface area contributed by atoms with Crippen molar-refractivity contribution in [3.8, 4) is 0 Å². The Hall–Kier alpha value is -2.62. The van der Waals surface area contributed by atoms with Gasteiger partial charge < -0.3 is 0 Å². The van der Waals surface area contributed by atoms with Crippen molar-refractivity contribution in [2.75, 3.05) is 10.8 Å². The molecule has 0 aliphatic rings. The first-order valence-electron chi connectivity index (χ1n) is 10.7. The molecule has 0 spiro atoms. The topological polar surface area (TPSA) is 37.4 Å². The van der Waals surface area contributed by atoms with Crippen LogP contribution in [0.5, 0.6) is 0 Å². The molecule has 0 radical (unpaired) electrons. The lowest BCUT2D eigenvalue weighted by Gasteiger charge is -2.31. The molecule has 5 heteroatoms. The zero-order valence-electron chi connectivity index (χ0n) is 18.3. The molecule has 3 aromatic rings. The minimum absolute atomic E-state index is 0.0532. The van der Waals surface area contributed by atoms with Gasteiger partial charge in [-0.2, -0.15) is 0 Å². The minimum Gasteiger partial charge on any atom is -0.297 e. The molecule has 0 aliphatic carbocycles. The number of halogens is 2. The van der Waals surface area contributed by atoms with E-state index in [0.29, 0.717) is 35.0 Å². The maximum Gasteiger partial charge on any atom is 0.242 e. The molecule has 0 fully saturated rings. The summed E-state index contributed by atoms with van der Waals surface area (Å²) in [5.74, 6) is -0.234. The van der Waals surface area contributed by atoms with Crippen molar-refractivity contribution < 1.29 is 9.59 Å². The number of benzene rings is 3. The molecule has 0 aliphatic heterocycles. The van der Waals surface area contributed by atoms with Gasteiger partial charge in [0, 0.05) is 17.1 Å². The van der Waals surface area contributed by atoms with Crippen molar-refractivity contribution >= 4 is 40.6 Å². The number of ketones is 1. The molecule has 0 saturated carbocycles. The van der Waals surface area contributed by atoms with Gasteiger partial charge in [0.15, 0.2) is 5.78 Å². The van der Waals surface area contributed by atoms with Gasteiger partial charge in [0.25, 0.3) is 0 Å². The van der Waals surface area contributed by atoms with E-state index in [1.54, 1.807) is 24.3 Å². The van der Waals surface area contributed by atoms with E-state index >= 15 is 0 Å². The van der Waals surface area contributed by atoms with Crippen LogP contribution in [-0.4, -0.2) is 17.6 Å². The number of carbonyl (C=O) groups excluding carboxylic acids is 2. The molecule has 0 saturated heterocycles. The van der Waals surface area contributed by atoms with E-state index in [0.717, 1.165) is 11.1 Å². The molecule has 3 nitrogen and oxygen atoms in total. The third-order valence-corrected chi connectivity index (χ3v) is 5.95. The Bertz CT molecular complexity index is 1030. The van der Waals surface area contributed by atoms with Crippen molar-refractivity contribution in [2.45, 2.75) is 38.6 Å². The number of carbonyl (C=O) groups is 2. The van der Waals surface area contributed by atoms with E-state index in [9.17, 15) is 9.59 Å². The average molecular weight is 468 g/mol. The summed E-state index contributed by atoms with van der Waals surface area (Å²) in [7, 11) is 0. The van der Waals surface area contributed by atoms with Gasteiger partial charge >= 0.3 is 0 Å². The van der Waals surface area contributed by atoms with E-state index in [4.69, 9.17) is 23.2 Å². The molecule has 166 valence electrons. The van der Waals surface area contributed by atoms with Crippen molar-refractivity contribution in [3.63, 3.8) is 0 Å². The van der Waals surface area contributed by atoms with Gasteiger partial charge in [-0.1, -0.05) is 80.0 Å². The van der Waals surface area contributed by atoms with Crippen LogP contribution in [0.1, 0.15) is 48.9 Å². The highest BCUT2D eigenvalue weighted by Gasteiger charge is 2.32. The second kappa shape index (κ2) is 11.3. The number of hydrogen-bond acceptors (Lipinski definition) is 2. The van der Waals surface area contributed by atoms with Gasteiger partial charge in [-0.05, 0) is 53.3 Å². The predicted molar refractivity (Wildman–Crippen MR) is 133 cm³/mol. The number of aryl methyl sites for hydroxylation is 1. The molecule has 3 rings (SSSR count). The molecule has 1 atom stereocenters. The Labute approximate surface area is 200 Å². The Morgan fingerprint density at radius 3 is 2.00 bits per heavy atom. The zero-order chi connectivity index (χ0) is 23.1.